The first kappa shape index (κ1) is 17.4. The minimum absolute atomic E-state index is 0.234. The Hall–Kier alpha value is -1.69. The quantitative estimate of drug-likeness (QED) is 0.756. The van der Waals surface area contributed by atoms with Crippen molar-refractivity contribution >= 4 is 5.91 Å². The highest BCUT2D eigenvalue weighted by Gasteiger charge is 2.18. The van der Waals surface area contributed by atoms with Crippen molar-refractivity contribution < 1.29 is 4.79 Å². The van der Waals surface area contributed by atoms with Crippen molar-refractivity contribution in [1.29, 1.82) is 0 Å². The zero-order valence-corrected chi connectivity index (χ0v) is 13.3. The molecule has 0 radical (unpaired) electrons. The first-order valence-corrected chi connectivity index (χ1v) is 7.55. The molecule has 1 aromatic heterocycles. The van der Waals surface area contributed by atoms with Gasteiger partial charge in [0.25, 0.3) is 11.5 Å². The highest BCUT2D eigenvalue weighted by Crippen LogP contribution is 2.11. The standard InChI is InChI=1S/C15H26N4O2/c1-5-19(6-2)12(9-11(3)4)10-16-15(21)13-7-8-14(20)18-17-13/h7-8,11-12H,5-6,9-10H2,1-4H3,(H,16,21)(H,18,20). The number of amides is 1. The predicted molar refractivity (Wildman–Crippen MR) is 83.4 cm³/mol. The van der Waals surface area contributed by atoms with E-state index in [4.69, 9.17) is 0 Å². The number of likely N-dealkylation sites (N-methyl/N-ethyl adjacent to an activating group) is 1. The number of aromatic amines is 1. The molecule has 6 nitrogen and oxygen atoms in total. The van der Waals surface area contributed by atoms with E-state index in [0.717, 1.165) is 19.5 Å². The number of hydrogen-bond donors (Lipinski definition) is 2. The molecule has 0 saturated carbocycles. The van der Waals surface area contributed by atoms with Crippen LogP contribution in [0.2, 0.25) is 0 Å². The molecular formula is C15H26N4O2. The number of nitrogens with zero attached hydrogens (tertiary/aromatic N) is 2. The van der Waals surface area contributed by atoms with Crippen LogP contribution in [0.5, 0.6) is 0 Å². The van der Waals surface area contributed by atoms with Gasteiger partial charge in [0, 0.05) is 18.7 Å². The van der Waals surface area contributed by atoms with E-state index in [9.17, 15) is 9.59 Å². The molecule has 0 fully saturated rings. The van der Waals surface area contributed by atoms with Gasteiger partial charge in [-0.15, -0.1) is 0 Å². The van der Waals surface area contributed by atoms with Crippen molar-refractivity contribution in [2.75, 3.05) is 19.6 Å². The van der Waals surface area contributed by atoms with Crippen LogP contribution in [0, 0.1) is 5.92 Å². The lowest BCUT2D eigenvalue weighted by Gasteiger charge is -2.31. The molecule has 0 spiro atoms. The van der Waals surface area contributed by atoms with Gasteiger partial charge in [-0.3, -0.25) is 14.5 Å². The van der Waals surface area contributed by atoms with Gasteiger partial charge in [-0.1, -0.05) is 27.7 Å². The zero-order chi connectivity index (χ0) is 15.8. The zero-order valence-electron chi connectivity index (χ0n) is 13.3. The third kappa shape index (κ3) is 5.67. The Morgan fingerprint density at radius 3 is 2.48 bits per heavy atom. The second-order valence-corrected chi connectivity index (χ2v) is 5.52. The van der Waals surface area contributed by atoms with Gasteiger partial charge in [0.1, 0.15) is 5.69 Å². The van der Waals surface area contributed by atoms with Crippen molar-refractivity contribution in [1.82, 2.24) is 20.4 Å². The van der Waals surface area contributed by atoms with Crippen LogP contribution in [0.1, 0.15) is 44.6 Å². The van der Waals surface area contributed by atoms with E-state index in [1.165, 1.54) is 12.1 Å². The first-order chi connectivity index (χ1) is 9.97. The summed E-state index contributed by atoms with van der Waals surface area (Å²) in [5.41, 5.74) is -0.0789. The average molecular weight is 294 g/mol. The molecule has 0 aliphatic heterocycles. The average Bonchev–Trinajstić information content (AvgIpc) is 2.45. The van der Waals surface area contributed by atoms with Crippen LogP contribution in [0.15, 0.2) is 16.9 Å². The highest BCUT2D eigenvalue weighted by molar-refractivity contribution is 5.91. The summed E-state index contributed by atoms with van der Waals surface area (Å²) in [7, 11) is 0. The van der Waals surface area contributed by atoms with E-state index in [1.807, 2.05) is 0 Å². The molecule has 0 aliphatic carbocycles. The lowest BCUT2D eigenvalue weighted by Crippen LogP contribution is -2.44. The van der Waals surface area contributed by atoms with Crippen LogP contribution in [0.4, 0.5) is 0 Å². The molecule has 0 aromatic carbocycles. The van der Waals surface area contributed by atoms with Crippen molar-refractivity contribution in [3.63, 3.8) is 0 Å². The fourth-order valence-electron chi connectivity index (χ4n) is 2.42. The van der Waals surface area contributed by atoms with Gasteiger partial charge < -0.3 is 5.32 Å². The number of hydrogen-bond acceptors (Lipinski definition) is 4. The highest BCUT2D eigenvalue weighted by atomic mass is 16.2. The van der Waals surface area contributed by atoms with E-state index in [1.54, 1.807) is 0 Å². The number of rotatable bonds is 8. The fourth-order valence-corrected chi connectivity index (χ4v) is 2.42. The molecule has 1 amide bonds. The van der Waals surface area contributed by atoms with Crippen molar-refractivity contribution in [2.45, 2.75) is 40.2 Å². The second kappa shape index (κ2) is 8.56. The van der Waals surface area contributed by atoms with Crippen LogP contribution in [-0.2, 0) is 0 Å². The van der Waals surface area contributed by atoms with Gasteiger partial charge >= 0.3 is 0 Å². The molecule has 1 atom stereocenters. The maximum atomic E-state index is 12.0. The maximum absolute atomic E-state index is 12.0. The van der Waals surface area contributed by atoms with E-state index in [2.05, 4.69) is 48.1 Å². The van der Waals surface area contributed by atoms with Gasteiger partial charge in [0.05, 0.1) is 0 Å². The molecule has 0 bridgehead atoms. The lowest BCUT2D eigenvalue weighted by molar-refractivity contribution is 0.0923. The topological polar surface area (TPSA) is 78.1 Å². The molecule has 118 valence electrons. The van der Waals surface area contributed by atoms with E-state index in [-0.39, 0.29) is 17.2 Å². The van der Waals surface area contributed by atoms with Crippen molar-refractivity contribution in [2.24, 2.45) is 5.92 Å². The molecular weight excluding hydrogens is 268 g/mol. The third-order valence-electron chi connectivity index (χ3n) is 3.48. The van der Waals surface area contributed by atoms with Crippen LogP contribution in [0.3, 0.4) is 0 Å². The number of carbonyl (C=O) groups is 1. The molecule has 6 heteroatoms. The van der Waals surface area contributed by atoms with Crippen LogP contribution >= 0.6 is 0 Å². The van der Waals surface area contributed by atoms with Gasteiger partial charge in [0.2, 0.25) is 0 Å². The molecule has 1 aromatic rings. The molecule has 1 rings (SSSR count). The molecule has 1 unspecified atom stereocenters. The third-order valence-corrected chi connectivity index (χ3v) is 3.48. The Bertz CT molecular complexity index is 474. The number of carbonyl (C=O) groups excluding carboxylic acids is 1. The SMILES string of the molecule is CCN(CC)C(CNC(=O)c1ccc(=O)[nH]n1)CC(C)C. The Kier molecular flexibility index (Phi) is 7.08. The Morgan fingerprint density at radius 2 is 2.00 bits per heavy atom. The minimum atomic E-state index is -0.313. The Balaban J connectivity index is 2.64. The monoisotopic (exact) mass is 294 g/mol. The van der Waals surface area contributed by atoms with Gasteiger partial charge in [-0.25, -0.2) is 5.10 Å². The number of aromatic nitrogens is 2. The molecule has 0 saturated heterocycles. The smallest absolute Gasteiger partial charge is 0.271 e. The van der Waals surface area contributed by atoms with E-state index in [0.29, 0.717) is 18.5 Å². The Morgan fingerprint density at radius 1 is 1.33 bits per heavy atom. The maximum Gasteiger partial charge on any atom is 0.271 e. The normalized spacial score (nSPS) is 12.7. The number of H-pyrrole nitrogens is 1. The summed E-state index contributed by atoms with van der Waals surface area (Å²) in [6.07, 6.45) is 1.03. The summed E-state index contributed by atoms with van der Waals surface area (Å²) < 4.78 is 0. The predicted octanol–water partition coefficient (Wildman–Crippen LogP) is 1.26. The molecule has 2 N–H and O–H groups in total. The summed E-state index contributed by atoms with van der Waals surface area (Å²) >= 11 is 0. The lowest BCUT2D eigenvalue weighted by atomic mass is 10.0. The van der Waals surface area contributed by atoms with Crippen molar-refractivity contribution in [3.8, 4) is 0 Å². The summed E-state index contributed by atoms with van der Waals surface area (Å²) in [5, 5.41) is 8.92. The van der Waals surface area contributed by atoms with E-state index < -0.39 is 0 Å². The van der Waals surface area contributed by atoms with Gasteiger partial charge in [-0.2, -0.15) is 5.10 Å². The minimum Gasteiger partial charge on any atom is -0.349 e. The molecule has 21 heavy (non-hydrogen) atoms. The summed E-state index contributed by atoms with van der Waals surface area (Å²) in [4.78, 5) is 25.3. The van der Waals surface area contributed by atoms with Gasteiger partial charge in [0.15, 0.2) is 0 Å². The summed E-state index contributed by atoms with van der Waals surface area (Å²) in [6.45, 7) is 11.1. The molecule has 1 heterocycles. The van der Waals surface area contributed by atoms with Crippen LogP contribution in [-0.4, -0.2) is 46.7 Å². The number of nitrogens with one attached hydrogen (secondary N) is 2. The first-order valence-electron chi connectivity index (χ1n) is 7.55. The molecule has 0 aliphatic rings. The fraction of sp³-hybridized carbons (Fsp3) is 0.667. The summed E-state index contributed by atoms with van der Waals surface area (Å²) in [5.74, 6) is 0.311. The van der Waals surface area contributed by atoms with Crippen LogP contribution < -0.4 is 10.9 Å². The van der Waals surface area contributed by atoms with Crippen LogP contribution in [0.25, 0.3) is 0 Å². The summed E-state index contributed by atoms with van der Waals surface area (Å²) in [6, 6.07) is 3.05. The Labute approximate surface area is 125 Å². The second-order valence-electron chi connectivity index (χ2n) is 5.52. The largest absolute Gasteiger partial charge is 0.349 e. The van der Waals surface area contributed by atoms with Gasteiger partial charge in [-0.05, 0) is 31.5 Å². The van der Waals surface area contributed by atoms with E-state index >= 15 is 0 Å². The van der Waals surface area contributed by atoms with Crippen molar-refractivity contribution in [3.05, 3.63) is 28.2 Å².